The number of carbonyl (C=O) groups is 2. The Balaban J connectivity index is 1.64. The van der Waals surface area contributed by atoms with Gasteiger partial charge in [0.25, 0.3) is 5.91 Å². The van der Waals surface area contributed by atoms with Crippen molar-refractivity contribution in [2.24, 2.45) is 0 Å². The molecule has 0 aromatic heterocycles. The van der Waals surface area contributed by atoms with Gasteiger partial charge >= 0.3 is 0 Å². The molecule has 0 bridgehead atoms. The van der Waals surface area contributed by atoms with Gasteiger partial charge in [0, 0.05) is 30.8 Å². The Bertz CT molecular complexity index is 841. The van der Waals surface area contributed by atoms with Gasteiger partial charge in [-0.1, -0.05) is 24.3 Å². The van der Waals surface area contributed by atoms with Crippen LogP contribution in [-0.2, 0) is 11.2 Å². The van der Waals surface area contributed by atoms with Gasteiger partial charge in [-0.25, -0.2) is 0 Å². The van der Waals surface area contributed by atoms with Crippen LogP contribution in [0, 0.1) is 6.92 Å². The zero-order valence-electron chi connectivity index (χ0n) is 16.7. The number of rotatable bonds is 7. The second kappa shape index (κ2) is 9.40. The van der Waals surface area contributed by atoms with Crippen molar-refractivity contribution in [3.05, 3.63) is 59.2 Å². The molecular formula is C23H28N2O3. The lowest BCUT2D eigenvalue weighted by molar-refractivity contribution is -0.116. The molecule has 0 unspecified atom stereocenters. The number of nitrogens with one attached hydrogen (secondary N) is 1. The van der Waals surface area contributed by atoms with E-state index < -0.39 is 0 Å². The number of anilines is 1. The minimum absolute atomic E-state index is 0.0525. The lowest BCUT2D eigenvalue weighted by atomic mass is 10.0. The largest absolute Gasteiger partial charge is 0.494 e. The van der Waals surface area contributed by atoms with Crippen LogP contribution >= 0.6 is 0 Å². The Morgan fingerprint density at radius 3 is 2.57 bits per heavy atom. The summed E-state index contributed by atoms with van der Waals surface area (Å²) in [5.74, 6) is 0.809. The first-order chi connectivity index (χ1) is 13.6. The van der Waals surface area contributed by atoms with Crippen molar-refractivity contribution in [2.45, 2.75) is 39.5 Å². The molecular weight excluding hydrogens is 352 g/mol. The Morgan fingerprint density at radius 1 is 1.07 bits per heavy atom. The number of amides is 2. The molecule has 1 aliphatic heterocycles. The Labute approximate surface area is 166 Å². The van der Waals surface area contributed by atoms with E-state index in [-0.39, 0.29) is 11.8 Å². The van der Waals surface area contributed by atoms with E-state index in [2.05, 4.69) is 5.32 Å². The van der Waals surface area contributed by atoms with Crippen molar-refractivity contribution in [2.75, 3.05) is 25.0 Å². The molecule has 1 aliphatic rings. The first-order valence-corrected chi connectivity index (χ1v) is 9.99. The number of likely N-dealkylation sites (tertiary alicyclic amines) is 1. The van der Waals surface area contributed by atoms with Crippen LogP contribution in [0.25, 0.3) is 0 Å². The van der Waals surface area contributed by atoms with Gasteiger partial charge in [-0.3, -0.25) is 9.59 Å². The summed E-state index contributed by atoms with van der Waals surface area (Å²) in [4.78, 5) is 27.1. The standard InChI is InChI=1S/C23H28N2O3/c1-3-28-21-12-5-4-9-18(21)13-14-22(26)24-20-11-8-10-19(17(20)2)23(27)25-15-6-7-16-25/h4-5,8-12H,3,6-7,13-16H2,1-2H3,(H,24,26). The van der Waals surface area contributed by atoms with E-state index in [4.69, 9.17) is 4.74 Å². The van der Waals surface area contributed by atoms with Crippen molar-refractivity contribution in [3.8, 4) is 5.75 Å². The molecule has 0 radical (unpaired) electrons. The Morgan fingerprint density at radius 2 is 1.82 bits per heavy atom. The highest BCUT2D eigenvalue weighted by atomic mass is 16.5. The molecule has 0 saturated carbocycles. The summed E-state index contributed by atoms with van der Waals surface area (Å²) >= 11 is 0. The van der Waals surface area contributed by atoms with E-state index in [1.807, 2.05) is 61.2 Å². The number of nitrogens with zero attached hydrogens (tertiary/aromatic N) is 1. The normalized spacial score (nSPS) is 13.4. The second-order valence-corrected chi connectivity index (χ2v) is 7.07. The van der Waals surface area contributed by atoms with Gasteiger partial charge in [0.2, 0.25) is 5.91 Å². The van der Waals surface area contributed by atoms with Crippen molar-refractivity contribution in [3.63, 3.8) is 0 Å². The summed E-state index contributed by atoms with van der Waals surface area (Å²) in [6, 6.07) is 13.3. The molecule has 2 amide bonds. The van der Waals surface area contributed by atoms with Crippen LogP contribution in [0.4, 0.5) is 5.69 Å². The van der Waals surface area contributed by atoms with E-state index in [0.29, 0.717) is 30.7 Å². The number of carbonyl (C=O) groups excluding carboxylic acids is 2. The van der Waals surface area contributed by atoms with Crippen LogP contribution in [0.5, 0.6) is 5.75 Å². The highest BCUT2D eigenvalue weighted by Gasteiger charge is 2.22. The summed E-state index contributed by atoms with van der Waals surface area (Å²) in [7, 11) is 0. The number of benzene rings is 2. The van der Waals surface area contributed by atoms with Gasteiger partial charge in [0.1, 0.15) is 5.75 Å². The third kappa shape index (κ3) is 4.71. The fourth-order valence-electron chi connectivity index (χ4n) is 3.56. The molecule has 2 aromatic rings. The van der Waals surface area contributed by atoms with Crippen molar-refractivity contribution >= 4 is 17.5 Å². The predicted octanol–water partition coefficient (Wildman–Crippen LogP) is 4.20. The zero-order valence-corrected chi connectivity index (χ0v) is 16.7. The van der Waals surface area contributed by atoms with E-state index in [1.165, 1.54) is 0 Å². The van der Waals surface area contributed by atoms with Crippen LogP contribution in [-0.4, -0.2) is 36.4 Å². The van der Waals surface area contributed by atoms with Crippen LogP contribution < -0.4 is 10.1 Å². The number of hydrogen-bond donors (Lipinski definition) is 1. The fraction of sp³-hybridized carbons (Fsp3) is 0.391. The van der Waals surface area contributed by atoms with Gasteiger partial charge in [0.05, 0.1) is 6.61 Å². The summed E-state index contributed by atoms with van der Waals surface area (Å²) in [6.07, 6.45) is 3.08. The highest BCUT2D eigenvalue weighted by molar-refractivity contribution is 5.99. The topological polar surface area (TPSA) is 58.6 Å². The van der Waals surface area contributed by atoms with Crippen molar-refractivity contribution < 1.29 is 14.3 Å². The molecule has 0 aliphatic carbocycles. The number of ether oxygens (including phenoxy) is 1. The summed E-state index contributed by atoms with van der Waals surface area (Å²) in [5, 5.41) is 2.97. The lowest BCUT2D eigenvalue weighted by Gasteiger charge is -2.18. The molecule has 1 heterocycles. The smallest absolute Gasteiger partial charge is 0.254 e. The van der Waals surface area contributed by atoms with Gasteiger partial charge < -0.3 is 15.0 Å². The average Bonchev–Trinajstić information content (AvgIpc) is 3.23. The molecule has 5 nitrogen and oxygen atoms in total. The van der Waals surface area contributed by atoms with Crippen LogP contribution in [0.15, 0.2) is 42.5 Å². The van der Waals surface area contributed by atoms with E-state index >= 15 is 0 Å². The van der Waals surface area contributed by atoms with Gasteiger partial charge in [-0.2, -0.15) is 0 Å². The molecule has 28 heavy (non-hydrogen) atoms. The third-order valence-corrected chi connectivity index (χ3v) is 5.13. The first kappa shape index (κ1) is 19.9. The average molecular weight is 380 g/mol. The van der Waals surface area contributed by atoms with E-state index in [1.54, 1.807) is 0 Å². The van der Waals surface area contributed by atoms with E-state index in [9.17, 15) is 9.59 Å². The first-order valence-electron chi connectivity index (χ1n) is 9.99. The van der Waals surface area contributed by atoms with Gasteiger partial charge in [-0.05, 0) is 62.4 Å². The lowest BCUT2D eigenvalue weighted by Crippen LogP contribution is -2.28. The number of hydrogen-bond acceptors (Lipinski definition) is 3. The van der Waals surface area contributed by atoms with Crippen LogP contribution in [0.1, 0.15) is 47.7 Å². The zero-order chi connectivity index (χ0) is 19.9. The SMILES string of the molecule is CCOc1ccccc1CCC(=O)Nc1cccc(C(=O)N2CCCC2)c1C. The Hall–Kier alpha value is -2.82. The molecule has 0 spiro atoms. The summed E-state index contributed by atoms with van der Waals surface area (Å²) in [5.41, 5.74) is 3.21. The maximum Gasteiger partial charge on any atom is 0.254 e. The molecule has 3 rings (SSSR count). The minimum Gasteiger partial charge on any atom is -0.494 e. The molecule has 1 N–H and O–H groups in total. The molecule has 1 fully saturated rings. The predicted molar refractivity (Wildman–Crippen MR) is 111 cm³/mol. The van der Waals surface area contributed by atoms with E-state index in [0.717, 1.165) is 42.8 Å². The van der Waals surface area contributed by atoms with Crippen molar-refractivity contribution in [1.29, 1.82) is 0 Å². The van der Waals surface area contributed by atoms with Crippen LogP contribution in [0.3, 0.4) is 0 Å². The summed E-state index contributed by atoms with van der Waals surface area (Å²) in [6.45, 7) is 6.06. The molecule has 0 atom stereocenters. The maximum atomic E-state index is 12.7. The molecule has 2 aromatic carbocycles. The number of para-hydroxylation sites is 1. The highest BCUT2D eigenvalue weighted by Crippen LogP contribution is 2.23. The van der Waals surface area contributed by atoms with Gasteiger partial charge in [-0.15, -0.1) is 0 Å². The van der Waals surface area contributed by atoms with Crippen LogP contribution in [0.2, 0.25) is 0 Å². The fourth-order valence-corrected chi connectivity index (χ4v) is 3.56. The second-order valence-electron chi connectivity index (χ2n) is 7.07. The monoisotopic (exact) mass is 380 g/mol. The summed E-state index contributed by atoms with van der Waals surface area (Å²) < 4.78 is 5.62. The maximum absolute atomic E-state index is 12.7. The van der Waals surface area contributed by atoms with Gasteiger partial charge in [0.15, 0.2) is 0 Å². The third-order valence-electron chi connectivity index (χ3n) is 5.13. The van der Waals surface area contributed by atoms with Crippen molar-refractivity contribution in [1.82, 2.24) is 4.90 Å². The Kier molecular flexibility index (Phi) is 6.69. The molecule has 5 heteroatoms. The number of aryl methyl sites for hydroxylation is 1. The molecule has 148 valence electrons. The minimum atomic E-state index is -0.0693. The quantitative estimate of drug-likeness (QED) is 0.783. The molecule has 1 saturated heterocycles.